The zero-order valence-corrected chi connectivity index (χ0v) is 16.8. The lowest BCUT2D eigenvalue weighted by Gasteiger charge is -2.04. The molecule has 0 aliphatic carbocycles. The van der Waals surface area contributed by atoms with Crippen LogP contribution in [0.5, 0.6) is 0 Å². The Morgan fingerprint density at radius 2 is 1.74 bits per heavy atom. The molecule has 4 rings (SSSR count). The lowest BCUT2D eigenvalue weighted by Crippen LogP contribution is -2.06. The first kappa shape index (κ1) is 18.2. The minimum absolute atomic E-state index is 0.131. The van der Waals surface area contributed by atoms with Crippen molar-refractivity contribution in [3.63, 3.8) is 0 Å². The summed E-state index contributed by atoms with van der Waals surface area (Å²) in [5, 5.41) is 6.48. The van der Waals surface area contributed by atoms with Crippen molar-refractivity contribution in [2.75, 3.05) is 0 Å². The molecule has 0 fully saturated rings. The zero-order valence-electron chi connectivity index (χ0n) is 14.4. The fourth-order valence-corrected chi connectivity index (χ4v) is 4.13. The second kappa shape index (κ2) is 7.43. The summed E-state index contributed by atoms with van der Waals surface area (Å²) in [5.41, 5.74) is 2.88. The third-order valence-electron chi connectivity index (χ3n) is 4.26. The van der Waals surface area contributed by atoms with Gasteiger partial charge >= 0.3 is 0 Å². The van der Waals surface area contributed by atoms with Crippen LogP contribution in [0.1, 0.15) is 17.0 Å². The molecule has 136 valence electrons. The lowest BCUT2D eigenvalue weighted by molar-refractivity contribution is -0.117. The quantitative estimate of drug-likeness (QED) is 0.436. The van der Waals surface area contributed by atoms with E-state index in [1.54, 1.807) is 23.5 Å². The Labute approximate surface area is 170 Å². The topological polar surface area (TPSA) is 47.3 Å². The second-order valence-corrected chi connectivity index (χ2v) is 8.12. The summed E-state index contributed by atoms with van der Waals surface area (Å²) in [6.45, 7) is 1.93. The highest BCUT2D eigenvalue weighted by Gasteiger charge is 2.11. The van der Waals surface area contributed by atoms with Crippen LogP contribution in [0.25, 0.3) is 15.4 Å². The standard InChI is InChI=1S/C20H15Cl2N3OS/c1-12-23-11-19-25(12)24-20(27-19)15-5-2-13(3-6-15)8-16(26)9-14-4-7-17(21)18(22)10-14/h2-7,10-11H,8-9H2,1H3. The summed E-state index contributed by atoms with van der Waals surface area (Å²) in [4.78, 5) is 17.6. The molecule has 4 aromatic rings. The van der Waals surface area contributed by atoms with Crippen LogP contribution in [0.15, 0.2) is 48.7 Å². The molecule has 2 heterocycles. The number of hydrogen-bond donors (Lipinski definition) is 0. The number of carbonyl (C=O) groups is 1. The first-order valence-electron chi connectivity index (χ1n) is 8.36. The normalized spacial score (nSPS) is 11.2. The van der Waals surface area contributed by atoms with Crippen molar-refractivity contribution < 1.29 is 4.79 Å². The zero-order chi connectivity index (χ0) is 19.0. The monoisotopic (exact) mass is 415 g/mol. The Balaban J connectivity index is 1.45. The minimum atomic E-state index is 0.131. The van der Waals surface area contributed by atoms with Crippen molar-refractivity contribution in [3.05, 3.63) is 75.7 Å². The van der Waals surface area contributed by atoms with Crippen molar-refractivity contribution >= 4 is 45.2 Å². The van der Waals surface area contributed by atoms with Crippen LogP contribution in [0, 0.1) is 6.92 Å². The van der Waals surface area contributed by atoms with E-state index in [1.807, 2.05) is 48.0 Å². The second-order valence-electron chi connectivity index (χ2n) is 6.30. The van der Waals surface area contributed by atoms with Gasteiger partial charge in [0.2, 0.25) is 0 Å². The Bertz CT molecular complexity index is 1130. The van der Waals surface area contributed by atoms with Gasteiger partial charge in [-0.15, -0.1) is 0 Å². The van der Waals surface area contributed by atoms with Gasteiger partial charge in [-0.3, -0.25) is 4.79 Å². The molecular weight excluding hydrogens is 401 g/mol. The molecule has 0 spiro atoms. The third kappa shape index (κ3) is 3.90. The third-order valence-corrected chi connectivity index (χ3v) is 5.99. The fourth-order valence-electron chi connectivity index (χ4n) is 2.87. The van der Waals surface area contributed by atoms with E-state index in [-0.39, 0.29) is 5.78 Å². The number of fused-ring (bicyclic) bond motifs is 1. The van der Waals surface area contributed by atoms with Crippen LogP contribution in [0.3, 0.4) is 0 Å². The van der Waals surface area contributed by atoms with Gasteiger partial charge in [0.25, 0.3) is 0 Å². The van der Waals surface area contributed by atoms with Gasteiger partial charge in [-0.05, 0) is 30.2 Å². The van der Waals surface area contributed by atoms with Crippen LogP contribution in [-0.2, 0) is 17.6 Å². The average Bonchev–Trinajstić information content (AvgIpc) is 3.21. The molecule has 0 aliphatic rings. The van der Waals surface area contributed by atoms with Gasteiger partial charge in [0.1, 0.15) is 21.4 Å². The lowest BCUT2D eigenvalue weighted by atomic mass is 10.0. The largest absolute Gasteiger partial charge is 0.299 e. The SMILES string of the molecule is Cc1ncc2sc(-c3ccc(CC(=O)Cc4ccc(Cl)c(Cl)c4)cc3)nn12. The Morgan fingerprint density at radius 3 is 2.44 bits per heavy atom. The number of carbonyl (C=O) groups excluding carboxylic acids is 1. The van der Waals surface area contributed by atoms with E-state index in [9.17, 15) is 4.79 Å². The van der Waals surface area contributed by atoms with Crippen LogP contribution < -0.4 is 0 Å². The number of Topliss-reactive ketones (excluding diaryl/α,β-unsaturated/α-hetero) is 1. The summed E-state index contributed by atoms with van der Waals surface area (Å²) < 4.78 is 1.84. The molecule has 0 N–H and O–H groups in total. The Morgan fingerprint density at radius 1 is 1.04 bits per heavy atom. The number of ketones is 1. The van der Waals surface area contributed by atoms with Crippen LogP contribution in [0.2, 0.25) is 10.0 Å². The number of nitrogens with zero attached hydrogens (tertiary/aromatic N) is 3. The van der Waals surface area contributed by atoms with Gasteiger partial charge in [0.15, 0.2) is 0 Å². The summed E-state index contributed by atoms with van der Waals surface area (Å²) in [6.07, 6.45) is 2.54. The molecule has 0 atom stereocenters. The highest BCUT2D eigenvalue weighted by Crippen LogP contribution is 2.27. The van der Waals surface area contributed by atoms with Gasteiger partial charge < -0.3 is 0 Å². The summed E-state index contributed by atoms with van der Waals surface area (Å²) in [5.74, 6) is 1.00. The Hall–Kier alpha value is -2.21. The predicted molar refractivity (Wildman–Crippen MR) is 110 cm³/mol. The molecule has 0 radical (unpaired) electrons. The van der Waals surface area contributed by atoms with E-state index in [0.29, 0.717) is 22.9 Å². The highest BCUT2D eigenvalue weighted by molar-refractivity contribution is 7.20. The molecule has 2 aromatic carbocycles. The van der Waals surface area contributed by atoms with E-state index in [2.05, 4.69) is 10.1 Å². The molecule has 0 amide bonds. The number of benzene rings is 2. The molecule has 27 heavy (non-hydrogen) atoms. The van der Waals surface area contributed by atoms with Gasteiger partial charge in [0.05, 0.1) is 16.2 Å². The van der Waals surface area contributed by atoms with Crippen LogP contribution in [-0.4, -0.2) is 20.4 Å². The molecule has 0 saturated heterocycles. The maximum atomic E-state index is 12.4. The van der Waals surface area contributed by atoms with Gasteiger partial charge in [0, 0.05) is 18.4 Å². The molecule has 0 aliphatic heterocycles. The Kier molecular flexibility index (Phi) is 5.00. The summed E-state index contributed by atoms with van der Waals surface area (Å²) >= 11 is 13.5. The van der Waals surface area contributed by atoms with E-state index in [0.717, 1.165) is 32.4 Å². The highest BCUT2D eigenvalue weighted by atomic mass is 35.5. The van der Waals surface area contributed by atoms with E-state index < -0.39 is 0 Å². The van der Waals surface area contributed by atoms with Crippen molar-refractivity contribution in [2.45, 2.75) is 19.8 Å². The number of imidazole rings is 1. The number of hydrogen-bond acceptors (Lipinski definition) is 4. The summed E-state index contributed by atoms with van der Waals surface area (Å²) in [7, 11) is 0. The minimum Gasteiger partial charge on any atom is -0.299 e. The maximum Gasteiger partial charge on any atom is 0.146 e. The van der Waals surface area contributed by atoms with Crippen molar-refractivity contribution in [1.29, 1.82) is 0 Å². The molecule has 0 saturated carbocycles. The number of rotatable bonds is 5. The summed E-state index contributed by atoms with van der Waals surface area (Å²) in [6, 6.07) is 13.2. The molecule has 4 nitrogen and oxygen atoms in total. The number of aromatic nitrogens is 3. The first-order valence-corrected chi connectivity index (χ1v) is 9.93. The molecule has 2 aromatic heterocycles. The average molecular weight is 416 g/mol. The smallest absolute Gasteiger partial charge is 0.146 e. The van der Waals surface area contributed by atoms with Gasteiger partial charge in [-0.1, -0.05) is 64.9 Å². The number of aryl methyl sites for hydroxylation is 1. The van der Waals surface area contributed by atoms with E-state index in [1.165, 1.54) is 0 Å². The van der Waals surface area contributed by atoms with E-state index in [4.69, 9.17) is 23.2 Å². The fraction of sp³-hybridized carbons (Fsp3) is 0.150. The van der Waals surface area contributed by atoms with Crippen LogP contribution >= 0.6 is 34.5 Å². The molecule has 0 bridgehead atoms. The molecular formula is C20H15Cl2N3OS. The molecule has 0 unspecified atom stereocenters. The van der Waals surface area contributed by atoms with Crippen molar-refractivity contribution in [3.8, 4) is 10.6 Å². The molecule has 7 heteroatoms. The predicted octanol–water partition coefficient (Wildman–Crippen LogP) is 5.43. The van der Waals surface area contributed by atoms with Gasteiger partial charge in [-0.2, -0.15) is 5.10 Å². The maximum absolute atomic E-state index is 12.4. The van der Waals surface area contributed by atoms with Crippen molar-refractivity contribution in [1.82, 2.24) is 14.6 Å². The van der Waals surface area contributed by atoms with Crippen LogP contribution in [0.4, 0.5) is 0 Å². The first-order chi connectivity index (χ1) is 13.0. The van der Waals surface area contributed by atoms with Crippen molar-refractivity contribution in [2.24, 2.45) is 0 Å². The van der Waals surface area contributed by atoms with Gasteiger partial charge in [-0.25, -0.2) is 9.50 Å². The number of halogens is 2. The van der Waals surface area contributed by atoms with E-state index >= 15 is 0 Å².